The number of benzene rings is 4. The molecule has 4 aromatic carbocycles. The van der Waals surface area contributed by atoms with Gasteiger partial charge in [-0.1, -0.05) is 136 Å². The van der Waals surface area contributed by atoms with Gasteiger partial charge in [0.05, 0.1) is 0 Å². The summed E-state index contributed by atoms with van der Waals surface area (Å²) in [7, 11) is 0. The highest BCUT2D eigenvalue weighted by molar-refractivity contribution is 5.85. The molecule has 0 saturated carbocycles. The van der Waals surface area contributed by atoms with Crippen LogP contribution in [-0.2, 0) is 25.7 Å². The smallest absolute Gasteiger partial charge is 0.00773 e. The van der Waals surface area contributed by atoms with E-state index in [1.165, 1.54) is 66.8 Å². The van der Waals surface area contributed by atoms with Crippen molar-refractivity contribution in [3.05, 3.63) is 129 Å². The summed E-state index contributed by atoms with van der Waals surface area (Å²) in [5.74, 6) is 0. The molecule has 0 fully saturated rings. The Morgan fingerprint density at radius 1 is 0.514 bits per heavy atom. The van der Waals surface area contributed by atoms with E-state index in [0.29, 0.717) is 0 Å². The van der Waals surface area contributed by atoms with Crippen molar-refractivity contribution >= 4 is 12.2 Å². The van der Waals surface area contributed by atoms with Crippen molar-refractivity contribution in [1.82, 2.24) is 0 Å². The van der Waals surface area contributed by atoms with E-state index in [1.54, 1.807) is 0 Å². The molecule has 0 N–H and O–H groups in total. The summed E-state index contributed by atoms with van der Waals surface area (Å²) in [4.78, 5) is 0. The summed E-state index contributed by atoms with van der Waals surface area (Å²) in [6.07, 6.45) is 9.18. The highest BCUT2D eigenvalue weighted by Gasteiger charge is 2.34. The zero-order valence-electron chi connectivity index (χ0n) is 22.6. The zero-order valence-corrected chi connectivity index (χ0v) is 22.6. The van der Waals surface area contributed by atoms with Gasteiger partial charge in [0.1, 0.15) is 0 Å². The van der Waals surface area contributed by atoms with Crippen LogP contribution in [-0.4, -0.2) is 0 Å². The van der Waals surface area contributed by atoms with Crippen molar-refractivity contribution in [3.8, 4) is 22.3 Å². The van der Waals surface area contributed by atoms with Crippen LogP contribution in [0.2, 0.25) is 0 Å². The van der Waals surface area contributed by atoms with Gasteiger partial charge in [0, 0.05) is 5.41 Å². The molecular weight excluding hydrogens is 444 g/mol. The SMILES string of the molecule is CCc1ccccc1-c1cccc2c1C=C(C(C)(C)C1=Cc3c(cccc3-c3ccccc3CC)C1)C2. The summed E-state index contributed by atoms with van der Waals surface area (Å²) in [5, 5.41) is 0. The molecule has 4 aromatic rings. The number of hydrogen-bond acceptors (Lipinski definition) is 0. The van der Waals surface area contributed by atoms with E-state index in [9.17, 15) is 0 Å². The molecule has 0 heterocycles. The first kappa shape index (κ1) is 23.7. The normalized spacial score (nSPS) is 14.3. The van der Waals surface area contributed by atoms with Gasteiger partial charge in [-0.2, -0.15) is 0 Å². The first-order chi connectivity index (χ1) is 18.0. The summed E-state index contributed by atoms with van der Waals surface area (Å²) >= 11 is 0. The van der Waals surface area contributed by atoms with Crippen LogP contribution in [0.25, 0.3) is 34.4 Å². The molecular formula is C37H36. The molecule has 0 saturated heterocycles. The number of fused-ring (bicyclic) bond motifs is 2. The molecule has 0 aliphatic heterocycles. The molecule has 0 nitrogen and oxygen atoms in total. The summed E-state index contributed by atoms with van der Waals surface area (Å²) in [5.41, 5.74) is 17.2. The van der Waals surface area contributed by atoms with Crippen molar-refractivity contribution in [2.45, 2.75) is 53.4 Å². The predicted octanol–water partition coefficient (Wildman–Crippen LogP) is 9.75. The Kier molecular flexibility index (Phi) is 6.00. The van der Waals surface area contributed by atoms with Crippen LogP contribution in [0.5, 0.6) is 0 Å². The molecule has 0 heteroatoms. The molecule has 6 rings (SSSR count). The van der Waals surface area contributed by atoms with Crippen LogP contribution in [0.3, 0.4) is 0 Å². The van der Waals surface area contributed by atoms with Crippen LogP contribution in [0.4, 0.5) is 0 Å². The van der Waals surface area contributed by atoms with Gasteiger partial charge < -0.3 is 0 Å². The molecule has 0 bridgehead atoms. The maximum Gasteiger partial charge on any atom is 0.00773 e. The fourth-order valence-electron chi connectivity index (χ4n) is 6.40. The van der Waals surface area contributed by atoms with E-state index in [-0.39, 0.29) is 5.41 Å². The topological polar surface area (TPSA) is 0 Å². The molecule has 2 aliphatic rings. The molecule has 0 unspecified atom stereocenters. The number of aryl methyl sites for hydroxylation is 2. The van der Waals surface area contributed by atoms with Crippen LogP contribution in [0, 0.1) is 5.41 Å². The Bertz CT molecular complexity index is 1440. The van der Waals surface area contributed by atoms with E-state index < -0.39 is 0 Å². The third-order valence-electron chi connectivity index (χ3n) is 8.77. The third kappa shape index (κ3) is 4.00. The average Bonchev–Trinajstić information content (AvgIpc) is 3.58. The lowest BCUT2D eigenvalue weighted by Crippen LogP contribution is -2.18. The van der Waals surface area contributed by atoms with Crippen LogP contribution < -0.4 is 0 Å². The van der Waals surface area contributed by atoms with E-state index in [0.717, 1.165) is 25.7 Å². The minimum Gasteiger partial charge on any atom is -0.0620 e. The highest BCUT2D eigenvalue weighted by atomic mass is 14.4. The molecule has 2 aliphatic carbocycles. The first-order valence-corrected chi connectivity index (χ1v) is 13.8. The number of hydrogen-bond donors (Lipinski definition) is 0. The second-order valence-electron chi connectivity index (χ2n) is 11.1. The standard InChI is InChI=1S/C37H36/c1-5-25-13-7-9-17-31(25)33-19-11-15-27-21-29(23-35(27)33)37(3,4)30-22-28-16-12-20-34(36(28)24-30)32-18-10-8-14-26(32)6-2/h7-20,23-24H,5-6,21-22H2,1-4H3. The fourth-order valence-corrected chi connectivity index (χ4v) is 6.40. The van der Waals surface area contributed by atoms with Gasteiger partial charge in [0.25, 0.3) is 0 Å². The third-order valence-corrected chi connectivity index (χ3v) is 8.77. The largest absolute Gasteiger partial charge is 0.0620 e. The second-order valence-corrected chi connectivity index (χ2v) is 11.1. The van der Waals surface area contributed by atoms with Crippen LogP contribution in [0.1, 0.15) is 61.1 Å². The fraction of sp³-hybridized carbons (Fsp3) is 0.243. The van der Waals surface area contributed by atoms with Crippen molar-refractivity contribution in [1.29, 1.82) is 0 Å². The van der Waals surface area contributed by atoms with Gasteiger partial charge >= 0.3 is 0 Å². The van der Waals surface area contributed by atoms with Crippen molar-refractivity contribution < 1.29 is 0 Å². The van der Waals surface area contributed by atoms with Gasteiger partial charge in [-0.25, -0.2) is 0 Å². The van der Waals surface area contributed by atoms with Crippen molar-refractivity contribution in [3.63, 3.8) is 0 Å². The molecule has 37 heavy (non-hydrogen) atoms. The van der Waals surface area contributed by atoms with Gasteiger partial charge in [0.2, 0.25) is 0 Å². The second kappa shape index (κ2) is 9.34. The van der Waals surface area contributed by atoms with E-state index in [4.69, 9.17) is 0 Å². The molecule has 0 atom stereocenters. The van der Waals surface area contributed by atoms with Gasteiger partial charge in [-0.15, -0.1) is 0 Å². The maximum atomic E-state index is 2.51. The first-order valence-electron chi connectivity index (χ1n) is 13.8. The van der Waals surface area contributed by atoms with Crippen molar-refractivity contribution in [2.75, 3.05) is 0 Å². The Hall–Kier alpha value is -3.64. The van der Waals surface area contributed by atoms with Crippen molar-refractivity contribution in [2.24, 2.45) is 5.41 Å². The summed E-state index contributed by atoms with van der Waals surface area (Å²) in [6, 6.07) is 31.5. The Morgan fingerprint density at radius 3 is 1.35 bits per heavy atom. The molecule has 0 spiro atoms. The summed E-state index contributed by atoms with van der Waals surface area (Å²) in [6.45, 7) is 9.37. The van der Waals surface area contributed by atoms with E-state index in [1.807, 2.05) is 0 Å². The minimum absolute atomic E-state index is 0.00112. The van der Waals surface area contributed by atoms with E-state index >= 15 is 0 Å². The Morgan fingerprint density at radius 2 is 0.919 bits per heavy atom. The van der Waals surface area contributed by atoms with Gasteiger partial charge in [0.15, 0.2) is 0 Å². The average molecular weight is 481 g/mol. The lowest BCUT2D eigenvalue weighted by atomic mass is 9.75. The Labute approximate surface area is 222 Å². The molecule has 0 radical (unpaired) electrons. The molecule has 0 aromatic heterocycles. The number of rotatable bonds is 6. The quantitative estimate of drug-likeness (QED) is 0.258. The van der Waals surface area contributed by atoms with Gasteiger partial charge in [-0.05, 0) is 81.3 Å². The highest BCUT2D eigenvalue weighted by Crippen LogP contribution is 2.49. The predicted molar refractivity (Wildman–Crippen MR) is 160 cm³/mol. The summed E-state index contributed by atoms with van der Waals surface area (Å²) < 4.78 is 0. The lowest BCUT2D eigenvalue weighted by Gasteiger charge is -2.28. The van der Waals surface area contributed by atoms with E-state index in [2.05, 4.69) is 125 Å². The van der Waals surface area contributed by atoms with Gasteiger partial charge in [-0.3, -0.25) is 0 Å². The van der Waals surface area contributed by atoms with Crippen LogP contribution >= 0.6 is 0 Å². The minimum atomic E-state index is 0.00112. The number of allylic oxidation sites excluding steroid dienone is 2. The molecule has 184 valence electrons. The van der Waals surface area contributed by atoms with Crippen LogP contribution in [0.15, 0.2) is 96.1 Å². The zero-order chi connectivity index (χ0) is 25.6. The Balaban J connectivity index is 1.39. The molecule has 0 amide bonds. The maximum absolute atomic E-state index is 2.51. The monoisotopic (exact) mass is 480 g/mol. The lowest BCUT2D eigenvalue weighted by molar-refractivity contribution is 0.526.